The summed E-state index contributed by atoms with van der Waals surface area (Å²) in [5.41, 5.74) is 1.83. The summed E-state index contributed by atoms with van der Waals surface area (Å²) in [5.74, 6) is 0. The lowest BCUT2D eigenvalue weighted by atomic mass is 10.1. The predicted octanol–water partition coefficient (Wildman–Crippen LogP) is 2.02. The molecule has 1 atom stereocenters. The quantitative estimate of drug-likeness (QED) is 0.883. The van der Waals surface area contributed by atoms with Crippen LogP contribution in [0.4, 0.5) is 0 Å². The SMILES string of the molecule is Cc1ccc(C#N)cc1S(=O)(=O)N1CCNCC1c1cccnc1.Cl. The molecule has 0 amide bonds. The molecule has 1 fully saturated rings. The van der Waals surface area contributed by atoms with Crippen molar-refractivity contribution >= 4 is 22.4 Å². The van der Waals surface area contributed by atoms with Gasteiger partial charge in [-0.2, -0.15) is 9.57 Å². The van der Waals surface area contributed by atoms with Crippen LogP contribution < -0.4 is 5.32 Å². The van der Waals surface area contributed by atoms with Crippen LogP contribution in [0.3, 0.4) is 0 Å². The van der Waals surface area contributed by atoms with Gasteiger partial charge in [0.2, 0.25) is 10.0 Å². The molecule has 132 valence electrons. The highest BCUT2D eigenvalue weighted by molar-refractivity contribution is 7.89. The summed E-state index contributed by atoms with van der Waals surface area (Å²) in [6.07, 6.45) is 3.36. The highest BCUT2D eigenvalue weighted by Gasteiger charge is 2.35. The molecule has 6 nitrogen and oxygen atoms in total. The standard InChI is InChI=1S/C17H18N4O2S.ClH/c1-13-4-5-14(10-18)9-17(13)24(22,23)21-8-7-20-12-16(21)15-3-2-6-19-11-15;/h2-6,9,11,16,20H,7-8,12H2,1H3;1H. The molecule has 1 saturated heterocycles. The van der Waals surface area contributed by atoms with E-state index in [2.05, 4.69) is 10.3 Å². The number of hydrogen-bond acceptors (Lipinski definition) is 5. The van der Waals surface area contributed by atoms with Crippen LogP contribution in [0.15, 0.2) is 47.6 Å². The van der Waals surface area contributed by atoms with E-state index in [1.807, 2.05) is 12.1 Å². The first kappa shape index (κ1) is 19.3. The average Bonchev–Trinajstić information content (AvgIpc) is 2.63. The lowest BCUT2D eigenvalue weighted by molar-refractivity contribution is 0.271. The summed E-state index contributed by atoms with van der Waals surface area (Å²) in [6, 6.07) is 10.1. The number of pyridine rings is 1. The predicted molar refractivity (Wildman–Crippen MR) is 96.9 cm³/mol. The minimum absolute atomic E-state index is 0. The summed E-state index contributed by atoms with van der Waals surface area (Å²) >= 11 is 0. The zero-order valence-corrected chi connectivity index (χ0v) is 15.3. The van der Waals surface area contributed by atoms with Crippen LogP contribution in [0.5, 0.6) is 0 Å². The van der Waals surface area contributed by atoms with Gasteiger partial charge in [-0.3, -0.25) is 4.98 Å². The molecule has 1 aliphatic heterocycles. The van der Waals surface area contributed by atoms with Crippen LogP contribution in [0.25, 0.3) is 0 Å². The van der Waals surface area contributed by atoms with Crippen molar-refractivity contribution in [3.05, 3.63) is 59.4 Å². The van der Waals surface area contributed by atoms with E-state index in [0.29, 0.717) is 30.8 Å². The molecule has 3 rings (SSSR count). The van der Waals surface area contributed by atoms with Crippen molar-refractivity contribution in [2.24, 2.45) is 0 Å². The number of rotatable bonds is 3. The highest BCUT2D eigenvalue weighted by Crippen LogP contribution is 2.30. The van der Waals surface area contributed by atoms with Crippen LogP contribution in [0.2, 0.25) is 0 Å². The minimum Gasteiger partial charge on any atom is -0.313 e. The molecule has 2 aromatic rings. The number of piperazine rings is 1. The largest absolute Gasteiger partial charge is 0.313 e. The van der Waals surface area contributed by atoms with Crippen molar-refractivity contribution in [1.29, 1.82) is 5.26 Å². The number of nitrogens with one attached hydrogen (secondary N) is 1. The number of sulfonamides is 1. The molecule has 0 spiro atoms. The Kier molecular flexibility index (Phi) is 6.14. The van der Waals surface area contributed by atoms with Gasteiger partial charge in [0, 0.05) is 32.0 Å². The Balaban J connectivity index is 0.00000225. The van der Waals surface area contributed by atoms with Gasteiger partial charge in [-0.05, 0) is 36.2 Å². The maximum absolute atomic E-state index is 13.2. The fourth-order valence-electron chi connectivity index (χ4n) is 2.90. The molecule has 0 saturated carbocycles. The average molecular weight is 379 g/mol. The number of aryl methyl sites for hydroxylation is 1. The number of aromatic nitrogens is 1. The van der Waals surface area contributed by atoms with Crippen LogP contribution >= 0.6 is 12.4 Å². The summed E-state index contributed by atoms with van der Waals surface area (Å²) in [5, 5.41) is 12.3. The lowest BCUT2D eigenvalue weighted by Gasteiger charge is -2.35. The fraction of sp³-hybridized carbons (Fsp3) is 0.294. The maximum atomic E-state index is 13.2. The first-order valence-electron chi connectivity index (χ1n) is 7.67. The Labute approximate surface area is 154 Å². The summed E-state index contributed by atoms with van der Waals surface area (Å²) in [4.78, 5) is 4.29. The molecule has 0 bridgehead atoms. The van der Waals surface area contributed by atoms with Crippen molar-refractivity contribution < 1.29 is 8.42 Å². The Morgan fingerprint density at radius 1 is 1.36 bits per heavy atom. The van der Waals surface area contributed by atoms with Crippen molar-refractivity contribution in [1.82, 2.24) is 14.6 Å². The van der Waals surface area contributed by atoms with Gasteiger partial charge in [-0.1, -0.05) is 12.1 Å². The van der Waals surface area contributed by atoms with Gasteiger partial charge in [0.1, 0.15) is 0 Å². The second kappa shape index (κ2) is 7.93. The molecule has 1 aliphatic rings. The number of hydrogen-bond donors (Lipinski definition) is 1. The summed E-state index contributed by atoms with van der Waals surface area (Å²) in [6.45, 7) is 3.24. The third kappa shape index (κ3) is 3.83. The lowest BCUT2D eigenvalue weighted by Crippen LogP contribution is -2.48. The summed E-state index contributed by atoms with van der Waals surface area (Å²) < 4.78 is 28.0. The smallest absolute Gasteiger partial charge is 0.244 e. The van der Waals surface area contributed by atoms with Crippen LogP contribution in [0, 0.1) is 18.3 Å². The van der Waals surface area contributed by atoms with Crippen molar-refractivity contribution in [3.63, 3.8) is 0 Å². The Bertz CT molecular complexity index is 881. The third-order valence-electron chi connectivity index (χ3n) is 4.17. The maximum Gasteiger partial charge on any atom is 0.244 e. The number of benzene rings is 1. The second-order valence-electron chi connectivity index (χ2n) is 5.71. The Morgan fingerprint density at radius 3 is 2.84 bits per heavy atom. The van der Waals surface area contributed by atoms with Gasteiger partial charge in [-0.25, -0.2) is 8.42 Å². The highest BCUT2D eigenvalue weighted by atomic mass is 35.5. The summed E-state index contributed by atoms with van der Waals surface area (Å²) in [7, 11) is -3.71. The van der Waals surface area contributed by atoms with E-state index in [4.69, 9.17) is 5.26 Å². The Morgan fingerprint density at radius 2 is 2.16 bits per heavy atom. The van der Waals surface area contributed by atoms with Crippen LogP contribution in [-0.2, 0) is 10.0 Å². The van der Waals surface area contributed by atoms with E-state index in [9.17, 15) is 8.42 Å². The minimum atomic E-state index is -3.71. The van der Waals surface area contributed by atoms with Crippen LogP contribution in [0.1, 0.15) is 22.7 Å². The number of nitriles is 1. The molecular weight excluding hydrogens is 360 g/mol. The van der Waals surface area contributed by atoms with E-state index >= 15 is 0 Å². The molecular formula is C17H19ClN4O2S. The molecule has 2 heterocycles. The van der Waals surface area contributed by atoms with Gasteiger partial charge < -0.3 is 5.32 Å². The third-order valence-corrected chi connectivity index (χ3v) is 6.22. The molecule has 1 N–H and O–H groups in total. The van der Waals surface area contributed by atoms with E-state index in [-0.39, 0.29) is 23.3 Å². The van der Waals surface area contributed by atoms with E-state index in [1.165, 1.54) is 10.4 Å². The monoisotopic (exact) mass is 378 g/mol. The molecule has 1 aromatic heterocycles. The topological polar surface area (TPSA) is 86.1 Å². The molecule has 0 aliphatic carbocycles. The first-order valence-corrected chi connectivity index (χ1v) is 9.11. The van der Waals surface area contributed by atoms with Crippen molar-refractivity contribution in [2.45, 2.75) is 17.9 Å². The van der Waals surface area contributed by atoms with E-state index < -0.39 is 10.0 Å². The second-order valence-corrected chi connectivity index (χ2v) is 7.57. The van der Waals surface area contributed by atoms with Gasteiger partial charge >= 0.3 is 0 Å². The van der Waals surface area contributed by atoms with Gasteiger partial charge in [-0.15, -0.1) is 12.4 Å². The molecule has 1 unspecified atom stereocenters. The van der Waals surface area contributed by atoms with E-state index in [0.717, 1.165) is 5.56 Å². The number of halogens is 1. The van der Waals surface area contributed by atoms with Crippen molar-refractivity contribution in [3.8, 4) is 6.07 Å². The normalized spacial score (nSPS) is 18.2. The fourth-order valence-corrected chi connectivity index (χ4v) is 4.77. The first-order chi connectivity index (χ1) is 11.5. The molecule has 25 heavy (non-hydrogen) atoms. The zero-order chi connectivity index (χ0) is 17.2. The zero-order valence-electron chi connectivity index (χ0n) is 13.7. The molecule has 1 aromatic carbocycles. The van der Waals surface area contributed by atoms with E-state index in [1.54, 1.807) is 37.5 Å². The van der Waals surface area contributed by atoms with Gasteiger partial charge in [0.05, 0.1) is 22.6 Å². The molecule has 0 radical (unpaired) electrons. The van der Waals surface area contributed by atoms with Gasteiger partial charge in [0.25, 0.3) is 0 Å². The van der Waals surface area contributed by atoms with Crippen LogP contribution in [-0.4, -0.2) is 37.3 Å². The van der Waals surface area contributed by atoms with Gasteiger partial charge in [0.15, 0.2) is 0 Å². The number of nitrogens with zero attached hydrogens (tertiary/aromatic N) is 3. The molecule has 8 heteroatoms. The Hall–Kier alpha value is -1.98. The van der Waals surface area contributed by atoms with Crippen molar-refractivity contribution in [2.75, 3.05) is 19.6 Å².